The maximum atomic E-state index is 11.2. The molecule has 0 aliphatic carbocycles. The maximum absolute atomic E-state index is 11.2. The minimum atomic E-state index is -0.448. The third kappa shape index (κ3) is 2.43. The Morgan fingerprint density at radius 1 is 1.64 bits per heavy atom. The number of hydrogen-bond donors (Lipinski definition) is 1. The molecule has 1 aromatic rings. The van der Waals surface area contributed by atoms with Gasteiger partial charge in [0.2, 0.25) is 0 Å². The molecule has 2 N–H and O–H groups in total. The molecule has 0 saturated heterocycles. The van der Waals surface area contributed by atoms with Gasteiger partial charge in [-0.2, -0.15) is 0 Å². The average molecular weight is 215 g/mol. The van der Waals surface area contributed by atoms with Crippen molar-refractivity contribution in [3.63, 3.8) is 0 Å². The van der Waals surface area contributed by atoms with E-state index in [1.807, 2.05) is 0 Å². The van der Waals surface area contributed by atoms with Gasteiger partial charge in [-0.1, -0.05) is 11.6 Å². The van der Waals surface area contributed by atoms with Gasteiger partial charge in [-0.05, 0) is 19.1 Å². The van der Waals surface area contributed by atoms with Gasteiger partial charge in [-0.3, -0.25) is 0 Å². The number of nitrogens with zero attached hydrogens (tertiary/aromatic N) is 1. The number of carbonyl (C=O) groups is 1. The van der Waals surface area contributed by atoms with Gasteiger partial charge in [-0.25, -0.2) is 9.78 Å². The second-order valence-corrected chi connectivity index (χ2v) is 3.27. The monoisotopic (exact) mass is 214 g/mol. The summed E-state index contributed by atoms with van der Waals surface area (Å²) in [4.78, 5) is 15.2. The summed E-state index contributed by atoms with van der Waals surface area (Å²) < 4.78 is 4.56. The highest BCUT2D eigenvalue weighted by Gasteiger charge is 2.10. The fourth-order valence-corrected chi connectivity index (χ4v) is 1.20. The lowest BCUT2D eigenvalue weighted by molar-refractivity contribution is 0.0600. The summed E-state index contributed by atoms with van der Waals surface area (Å²) >= 11 is 5.72. The van der Waals surface area contributed by atoms with Crippen molar-refractivity contribution in [1.82, 2.24) is 4.98 Å². The molecule has 0 amide bonds. The van der Waals surface area contributed by atoms with Crippen molar-refractivity contribution in [1.29, 1.82) is 0 Å². The first-order valence-electron chi connectivity index (χ1n) is 4.06. The summed E-state index contributed by atoms with van der Waals surface area (Å²) in [6.07, 6.45) is 0. The Hall–Kier alpha value is -1.13. The zero-order valence-electron chi connectivity index (χ0n) is 7.95. The Kier molecular flexibility index (Phi) is 3.43. The number of carbonyl (C=O) groups excluding carboxylic acids is 1. The normalized spacial score (nSPS) is 12.3. The van der Waals surface area contributed by atoms with Crippen LogP contribution in [0.4, 0.5) is 0 Å². The van der Waals surface area contributed by atoms with E-state index < -0.39 is 5.97 Å². The van der Waals surface area contributed by atoms with Crippen molar-refractivity contribution >= 4 is 17.6 Å². The van der Waals surface area contributed by atoms with E-state index in [4.69, 9.17) is 17.3 Å². The van der Waals surface area contributed by atoms with Crippen LogP contribution in [0.5, 0.6) is 0 Å². The molecule has 5 heteroatoms. The number of aromatic nitrogens is 1. The number of halogens is 1. The van der Waals surface area contributed by atoms with E-state index in [9.17, 15) is 4.79 Å². The molecule has 0 radical (unpaired) electrons. The van der Waals surface area contributed by atoms with E-state index in [1.165, 1.54) is 13.2 Å². The fraction of sp³-hybridized carbons (Fsp3) is 0.333. The molecule has 0 saturated carbocycles. The molecule has 0 aliphatic heterocycles. The van der Waals surface area contributed by atoms with Crippen LogP contribution in [0.3, 0.4) is 0 Å². The lowest BCUT2D eigenvalue weighted by atomic mass is 10.1. The Bertz CT molecular complexity index is 353. The topological polar surface area (TPSA) is 65.2 Å². The summed E-state index contributed by atoms with van der Waals surface area (Å²) in [6.45, 7) is 1.76. The van der Waals surface area contributed by atoms with E-state index in [1.54, 1.807) is 13.0 Å². The minimum absolute atomic E-state index is 0.236. The van der Waals surface area contributed by atoms with Crippen LogP contribution >= 0.6 is 11.6 Å². The van der Waals surface area contributed by atoms with Gasteiger partial charge in [0.1, 0.15) is 5.15 Å². The van der Waals surface area contributed by atoms with Crippen molar-refractivity contribution in [2.45, 2.75) is 13.0 Å². The molecule has 76 valence electrons. The molecule has 0 bridgehead atoms. The van der Waals surface area contributed by atoms with Crippen LogP contribution < -0.4 is 5.73 Å². The predicted octanol–water partition coefficient (Wildman–Crippen LogP) is 1.54. The smallest absolute Gasteiger partial charge is 0.338 e. The predicted molar refractivity (Wildman–Crippen MR) is 53.2 cm³/mol. The van der Waals surface area contributed by atoms with E-state index >= 15 is 0 Å². The van der Waals surface area contributed by atoms with Crippen molar-refractivity contribution in [3.8, 4) is 0 Å². The molecule has 1 heterocycles. The van der Waals surface area contributed by atoms with E-state index in [0.717, 1.165) is 0 Å². The highest BCUT2D eigenvalue weighted by molar-refractivity contribution is 6.29. The Morgan fingerprint density at radius 2 is 2.29 bits per heavy atom. The molecule has 0 unspecified atom stereocenters. The van der Waals surface area contributed by atoms with Crippen molar-refractivity contribution in [3.05, 3.63) is 28.5 Å². The van der Waals surface area contributed by atoms with Gasteiger partial charge in [0.15, 0.2) is 0 Å². The highest BCUT2D eigenvalue weighted by Crippen LogP contribution is 2.15. The van der Waals surface area contributed by atoms with Crippen LogP contribution in [0.25, 0.3) is 0 Å². The van der Waals surface area contributed by atoms with E-state index in [-0.39, 0.29) is 11.2 Å². The van der Waals surface area contributed by atoms with Gasteiger partial charge in [-0.15, -0.1) is 0 Å². The maximum Gasteiger partial charge on any atom is 0.338 e. The largest absolute Gasteiger partial charge is 0.465 e. The Balaban J connectivity index is 3.13. The summed E-state index contributed by atoms with van der Waals surface area (Å²) in [7, 11) is 1.31. The lowest BCUT2D eigenvalue weighted by Crippen LogP contribution is -2.10. The van der Waals surface area contributed by atoms with Crippen molar-refractivity contribution in [2.24, 2.45) is 5.73 Å². The van der Waals surface area contributed by atoms with Crippen molar-refractivity contribution in [2.75, 3.05) is 7.11 Å². The number of hydrogen-bond acceptors (Lipinski definition) is 4. The molecule has 0 aliphatic rings. The van der Waals surface area contributed by atoms with Crippen LogP contribution in [0.15, 0.2) is 12.1 Å². The van der Waals surface area contributed by atoms with E-state index in [2.05, 4.69) is 9.72 Å². The molecular formula is C9H11ClN2O2. The second-order valence-electron chi connectivity index (χ2n) is 2.88. The summed E-state index contributed by atoms with van der Waals surface area (Å²) in [5.74, 6) is -0.448. The number of methoxy groups -OCH3 is 1. The Labute approximate surface area is 87.0 Å². The first-order valence-corrected chi connectivity index (χ1v) is 4.43. The molecule has 1 aromatic heterocycles. The summed E-state index contributed by atoms with van der Waals surface area (Å²) in [6, 6.07) is 2.75. The van der Waals surface area contributed by atoms with Crippen LogP contribution in [0, 0.1) is 0 Å². The number of nitrogens with two attached hydrogens (primary N) is 1. The molecule has 0 spiro atoms. The molecule has 0 fully saturated rings. The van der Waals surface area contributed by atoms with E-state index in [0.29, 0.717) is 11.3 Å². The zero-order chi connectivity index (χ0) is 10.7. The SMILES string of the molecule is COC(=O)c1cc(Cl)nc([C@@H](C)N)c1. The highest BCUT2D eigenvalue weighted by atomic mass is 35.5. The number of pyridine rings is 1. The lowest BCUT2D eigenvalue weighted by Gasteiger charge is -2.07. The molecule has 14 heavy (non-hydrogen) atoms. The first-order chi connectivity index (χ1) is 6.54. The molecule has 4 nitrogen and oxygen atoms in total. The van der Waals surface area contributed by atoms with Gasteiger partial charge < -0.3 is 10.5 Å². The quantitative estimate of drug-likeness (QED) is 0.599. The van der Waals surface area contributed by atoms with Crippen LogP contribution in [0.2, 0.25) is 5.15 Å². The standard InChI is InChI=1S/C9H11ClN2O2/c1-5(11)7-3-6(9(13)14-2)4-8(10)12-7/h3-5H,11H2,1-2H3/t5-/m1/s1. The average Bonchev–Trinajstić information content (AvgIpc) is 2.15. The van der Waals surface area contributed by atoms with Crippen LogP contribution in [-0.2, 0) is 4.74 Å². The van der Waals surface area contributed by atoms with Crippen molar-refractivity contribution < 1.29 is 9.53 Å². The molecule has 0 aromatic carbocycles. The van der Waals surface area contributed by atoms with Crippen LogP contribution in [0.1, 0.15) is 29.0 Å². The van der Waals surface area contributed by atoms with Gasteiger partial charge in [0, 0.05) is 6.04 Å². The fourth-order valence-electron chi connectivity index (χ4n) is 0.986. The zero-order valence-corrected chi connectivity index (χ0v) is 8.71. The Morgan fingerprint density at radius 3 is 2.79 bits per heavy atom. The van der Waals surface area contributed by atoms with Crippen LogP contribution in [-0.4, -0.2) is 18.1 Å². The summed E-state index contributed by atoms with van der Waals surface area (Å²) in [5, 5.41) is 0.236. The second kappa shape index (κ2) is 4.39. The number of ether oxygens (including phenoxy) is 1. The third-order valence-corrected chi connectivity index (χ3v) is 1.90. The number of esters is 1. The van der Waals surface area contributed by atoms with Gasteiger partial charge in [0.05, 0.1) is 18.4 Å². The first kappa shape index (κ1) is 10.9. The summed E-state index contributed by atoms with van der Waals surface area (Å²) in [5.41, 5.74) is 6.55. The van der Waals surface area contributed by atoms with Gasteiger partial charge >= 0.3 is 5.97 Å². The molecular weight excluding hydrogens is 204 g/mol. The number of rotatable bonds is 2. The molecule has 1 rings (SSSR count). The van der Waals surface area contributed by atoms with Gasteiger partial charge in [0.25, 0.3) is 0 Å². The minimum Gasteiger partial charge on any atom is -0.465 e. The molecule has 1 atom stereocenters. The third-order valence-electron chi connectivity index (χ3n) is 1.70.